The Labute approximate surface area is 131 Å². The quantitative estimate of drug-likeness (QED) is 0.852. The van der Waals surface area contributed by atoms with Crippen LogP contribution < -0.4 is 10.6 Å². The van der Waals surface area contributed by atoms with Gasteiger partial charge in [0.1, 0.15) is 0 Å². The summed E-state index contributed by atoms with van der Waals surface area (Å²) in [5, 5.41) is 6.41. The lowest BCUT2D eigenvalue weighted by molar-refractivity contribution is -0.114. The Morgan fingerprint density at radius 2 is 2.05 bits per heavy atom. The van der Waals surface area contributed by atoms with Gasteiger partial charge in [-0.25, -0.2) is 0 Å². The van der Waals surface area contributed by atoms with Crippen LogP contribution in [0.1, 0.15) is 5.56 Å². The highest BCUT2D eigenvalue weighted by molar-refractivity contribution is 9.10. The maximum Gasteiger partial charge on any atom is 0.243 e. The van der Waals surface area contributed by atoms with Gasteiger partial charge in [0.05, 0.1) is 17.3 Å². The number of amides is 1. The standard InChI is InChI=1S/C15H14BrClN2O/c1-10-3-2-4-12(7-10)19-15(20)9-18-14-6-5-11(16)8-13(14)17/h2-8,18H,9H2,1H3,(H,19,20). The maximum absolute atomic E-state index is 11.8. The average Bonchev–Trinajstić information content (AvgIpc) is 2.37. The number of carbonyl (C=O) groups excluding carboxylic acids is 1. The molecule has 0 aliphatic carbocycles. The third kappa shape index (κ3) is 4.25. The molecule has 0 aliphatic rings. The molecule has 2 aromatic carbocycles. The van der Waals surface area contributed by atoms with Crippen LogP contribution in [-0.4, -0.2) is 12.5 Å². The third-order valence-electron chi connectivity index (χ3n) is 2.67. The Bertz CT molecular complexity index is 631. The molecule has 0 spiro atoms. The Kier molecular flexibility index (Phi) is 5.04. The molecule has 0 atom stereocenters. The molecule has 0 aliphatic heterocycles. The van der Waals surface area contributed by atoms with Crippen LogP contribution in [0.25, 0.3) is 0 Å². The van der Waals surface area contributed by atoms with E-state index in [9.17, 15) is 4.79 Å². The second-order valence-corrected chi connectivity index (χ2v) is 5.72. The molecule has 0 heterocycles. The lowest BCUT2D eigenvalue weighted by atomic mass is 10.2. The topological polar surface area (TPSA) is 41.1 Å². The molecule has 0 aromatic heterocycles. The van der Waals surface area contributed by atoms with Gasteiger partial charge in [0.15, 0.2) is 0 Å². The van der Waals surface area contributed by atoms with Crippen LogP contribution in [0.4, 0.5) is 11.4 Å². The van der Waals surface area contributed by atoms with E-state index < -0.39 is 0 Å². The normalized spacial score (nSPS) is 10.2. The largest absolute Gasteiger partial charge is 0.375 e. The number of benzene rings is 2. The number of nitrogens with one attached hydrogen (secondary N) is 2. The van der Waals surface area contributed by atoms with E-state index in [-0.39, 0.29) is 12.5 Å². The van der Waals surface area contributed by atoms with E-state index in [1.54, 1.807) is 6.07 Å². The van der Waals surface area contributed by atoms with Crippen LogP contribution in [0.15, 0.2) is 46.9 Å². The van der Waals surface area contributed by atoms with Gasteiger partial charge in [0.2, 0.25) is 5.91 Å². The summed E-state index contributed by atoms with van der Waals surface area (Å²) in [5.74, 6) is -0.116. The predicted octanol–water partition coefficient (Wildman–Crippen LogP) is 4.46. The zero-order valence-electron chi connectivity index (χ0n) is 10.9. The van der Waals surface area contributed by atoms with Crippen molar-refractivity contribution in [2.45, 2.75) is 6.92 Å². The van der Waals surface area contributed by atoms with Gasteiger partial charge in [-0.1, -0.05) is 39.7 Å². The van der Waals surface area contributed by atoms with E-state index in [1.807, 2.05) is 43.3 Å². The van der Waals surface area contributed by atoms with Crippen molar-refractivity contribution in [3.63, 3.8) is 0 Å². The second kappa shape index (κ2) is 6.77. The van der Waals surface area contributed by atoms with Gasteiger partial charge >= 0.3 is 0 Å². The van der Waals surface area contributed by atoms with Crippen LogP contribution >= 0.6 is 27.5 Å². The van der Waals surface area contributed by atoms with Crippen molar-refractivity contribution in [1.29, 1.82) is 0 Å². The van der Waals surface area contributed by atoms with Crippen molar-refractivity contribution in [3.8, 4) is 0 Å². The van der Waals surface area contributed by atoms with E-state index in [4.69, 9.17) is 11.6 Å². The minimum absolute atomic E-state index is 0.116. The van der Waals surface area contributed by atoms with Crippen molar-refractivity contribution in [2.24, 2.45) is 0 Å². The second-order valence-electron chi connectivity index (χ2n) is 4.40. The summed E-state index contributed by atoms with van der Waals surface area (Å²) in [6.45, 7) is 2.14. The Morgan fingerprint density at radius 3 is 2.75 bits per heavy atom. The summed E-state index contributed by atoms with van der Waals surface area (Å²) < 4.78 is 0.900. The first-order valence-electron chi connectivity index (χ1n) is 6.10. The fraction of sp³-hybridized carbons (Fsp3) is 0.133. The molecule has 2 rings (SSSR count). The van der Waals surface area contributed by atoms with Crippen molar-refractivity contribution in [1.82, 2.24) is 0 Å². The smallest absolute Gasteiger partial charge is 0.243 e. The fourth-order valence-electron chi connectivity index (χ4n) is 1.74. The summed E-state index contributed by atoms with van der Waals surface area (Å²) in [4.78, 5) is 11.8. The molecule has 2 N–H and O–H groups in total. The molecule has 0 saturated heterocycles. The highest BCUT2D eigenvalue weighted by Gasteiger charge is 2.05. The van der Waals surface area contributed by atoms with E-state index in [0.29, 0.717) is 5.02 Å². The van der Waals surface area contributed by atoms with Gasteiger partial charge in [-0.3, -0.25) is 4.79 Å². The molecule has 0 saturated carbocycles. The number of rotatable bonds is 4. The Morgan fingerprint density at radius 1 is 1.25 bits per heavy atom. The highest BCUT2D eigenvalue weighted by atomic mass is 79.9. The number of hydrogen-bond acceptors (Lipinski definition) is 2. The summed E-state index contributed by atoms with van der Waals surface area (Å²) in [5.41, 5.74) is 2.62. The zero-order valence-corrected chi connectivity index (χ0v) is 13.3. The first-order valence-corrected chi connectivity index (χ1v) is 7.27. The van der Waals surface area contributed by atoms with Gasteiger partial charge in [-0.05, 0) is 42.8 Å². The monoisotopic (exact) mass is 352 g/mol. The van der Waals surface area contributed by atoms with Crippen LogP contribution in [-0.2, 0) is 4.79 Å². The van der Waals surface area contributed by atoms with Crippen molar-refractivity contribution in [3.05, 3.63) is 57.5 Å². The molecule has 0 bridgehead atoms. The molecular weight excluding hydrogens is 340 g/mol. The van der Waals surface area contributed by atoms with Crippen LogP contribution in [0, 0.1) is 6.92 Å². The van der Waals surface area contributed by atoms with Gasteiger partial charge in [0, 0.05) is 10.2 Å². The number of halogens is 2. The van der Waals surface area contributed by atoms with Crippen LogP contribution in [0.2, 0.25) is 5.02 Å². The molecular formula is C15H14BrClN2O. The molecule has 2 aromatic rings. The molecule has 1 amide bonds. The van der Waals surface area contributed by atoms with Crippen molar-refractivity contribution in [2.75, 3.05) is 17.2 Å². The minimum atomic E-state index is -0.116. The van der Waals surface area contributed by atoms with E-state index in [0.717, 1.165) is 21.4 Å². The summed E-state index contributed by atoms with van der Waals surface area (Å²) in [6, 6.07) is 13.1. The van der Waals surface area contributed by atoms with E-state index in [2.05, 4.69) is 26.6 Å². The zero-order chi connectivity index (χ0) is 14.5. The number of anilines is 2. The highest BCUT2D eigenvalue weighted by Crippen LogP contribution is 2.25. The molecule has 0 unspecified atom stereocenters. The number of hydrogen-bond donors (Lipinski definition) is 2. The molecule has 0 radical (unpaired) electrons. The number of carbonyl (C=O) groups is 1. The number of aryl methyl sites for hydroxylation is 1. The Balaban J connectivity index is 1.92. The molecule has 104 valence electrons. The lowest BCUT2D eigenvalue weighted by Crippen LogP contribution is -2.21. The molecule has 3 nitrogen and oxygen atoms in total. The van der Waals surface area contributed by atoms with Gasteiger partial charge in [-0.15, -0.1) is 0 Å². The first kappa shape index (κ1) is 14.9. The predicted molar refractivity (Wildman–Crippen MR) is 87.5 cm³/mol. The maximum atomic E-state index is 11.8. The Hall–Kier alpha value is -1.52. The van der Waals surface area contributed by atoms with Crippen LogP contribution in [0.5, 0.6) is 0 Å². The van der Waals surface area contributed by atoms with E-state index in [1.165, 1.54) is 0 Å². The fourth-order valence-corrected chi connectivity index (χ4v) is 2.48. The molecule has 0 fully saturated rings. The first-order chi connectivity index (χ1) is 9.54. The van der Waals surface area contributed by atoms with Crippen molar-refractivity contribution < 1.29 is 4.79 Å². The SMILES string of the molecule is Cc1cccc(NC(=O)CNc2ccc(Br)cc2Cl)c1. The van der Waals surface area contributed by atoms with Gasteiger partial charge in [0.25, 0.3) is 0 Å². The third-order valence-corrected chi connectivity index (χ3v) is 3.48. The van der Waals surface area contributed by atoms with Gasteiger partial charge < -0.3 is 10.6 Å². The molecule has 20 heavy (non-hydrogen) atoms. The summed E-state index contributed by atoms with van der Waals surface area (Å²) in [6.07, 6.45) is 0. The minimum Gasteiger partial charge on any atom is -0.375 e. The van der Waals surface area contributed by atoms with Gasteiger partial charge in [-0.2, -0.15) is 0 Å². The van der Waals surface area contributed by atoms with Crippen LogP contribution in [0.3, 0.4) is 0 Å². The van der Waals surface area contributed by atoms with E-state index >= 15 is 0 Å². The lowest BCUT2D eigenvalue weighted by Gasteiger charge is -2.09. The summed E-state index contributed by atoms with van der Waals surface area (Å²) in [7, 11) is 0. The summed E-state index contributed by atoms with van der Waals surface area (Å²) >= 11 is 9.41. The average molecular weight is 354 g/mol. The van der Waals surface area contributed by atoms with Crippen molar-refractivity contribution >= 4 is 44.8 Å². The molecule has 5 heteroatoms.